The molecule has 0 aliphatic carbocycles. The summed E-state index contributed by atoms with van der Waals surface area (Å²) in [6.07, 6.45) is 0. The van der Waals surface area contributed by atoms with Crippen molar-refractivity contribution in [1.82, 2.24) is 4.57 Å². The number of halogens is 1. The van der Waals surface area contributed by atoms with E-state index < -0.39 is 0 Å². The summed E-state index contributed by atoms with van der Waals surface area (Å²) in [5, 5.41) is 10.2. The summed E-state index contributed by atoms with van der Waals surface area (Å²) in [6, 6.07) is 16.7. The minimum Gasteiger partial charge on any atom is -0.286 e. The van der Waals surface area contributed by atoms with Crippen LogP contribution < -0.4 is 4.80 Å². The first kappa shape index (κ1) is 15.5. The summed E-state index contributed by atoms with van der Waals surface area (Å²) >= 11 is 1.46. The number of aromatic nitrogens is 1. The van der Waals surface area contributed by atoms with Crippen molar-refractivity contribution >= 4 is 23.7 Å². The molecule has 0 saturated carbocycles. The van der Waals surface area contributed by atoms with Crippen LogP contribution in [0.3, 0.4) is 0 Å². The van der Waals surface area contributed by atoms with Crippen molar-refractivity contribution in [3.8, 4) is 16.9 Å². The standard InChI is InChI=1S/C17H16N2S.ClH/c1-12-3-7-14(8-4-12)16-11-20-17(18)19(16)15-9-5-13(2)6-10-15;/h3-11,18H,1-2H3;1H. The predicted octanol–water partition coefficient (Wildman–Crippen LogP) is 4.72. The van der Waals surface area contributed by atoms with E-state index in [1.165, 1.54) is 22.5 Å². The van der Waals surface area contributed by atoms with Gasteiger partial charge in [-0.3, -0.25) is 9.98 Å². The van der Waals surface area contributed by atoms with Crippen LogP contribution in [0.2, 0.25) is 0 Å². The molecule has 2 aromatic carbocycles. The maximum atomic E-state index is 8.16. The van der Waals surface area contributed by atoms with Crippen molar-refractivity contribution in [3.63, 3.8) is 0 Å². The van der Waals surface area contributed by atoms with Crippen LogP contribution in [0.25, 0.3) is 16.9 Å². The zero-order valence-corrected chi connectivity index (χ0v) is 13.6. The zero-order valence-electron chi connectivity index (χ0n) is 12.0. The van der Waals surface area contributed by atoms with Gasteiger partial charge in [-0.2, -0.15) is 0 Å². The van der Waals surface area contributed by atoms with Gasteiger partial charge < -0.3 is 0 Å². The third-order valence-electron chi connectivity index (χ3n) is 3.37. The van der Waals surface area contributed by atoms with Gasteiger partial charge in [-0.15, -0.1) is 23.7 Å². The van der Waals surface area contributed by atoms with E-state index in [4.69, 9.17) is 5.41 Å². The summed E-state index contributed by atoms with van der Waals surface area (Å²) in [5.74, 6) is 0. The molecule has 108 valence electrons. The van der Waals surface area contributed by atoms with Gasteiger partial charge in [-0.25, -0.2) is 0 Å². The van der Waals surface area contributed by atoms with Crippen LogP contribution in [0, 0.1) is 19.3 Å². The van der Waals surface area contributed by atoms with Gasteiger partial charge in [0, 0.05) is 11.1 Å². The van der Waals surface area contributed by atoms with Crippen LogP contribution in [-0.2, 0) is 0 Å². The largest absolute Gasteiger partial charge is 0.286 e. The van der Waals surface area contributed by atoms with Gasteiger partial charge in [0.1, 0.15) is 0 Å². The molecular weight excluding hydrogens is 300 g/mol. The van der Waals surface area contributed by atoms with E-state index >= 15 is 0 Å². The number of nitrogens with one attached hydrogen (secondary N) is 1. The lowest BCUT2D eigenvalue weighted by Crippen LogP contribution is -2.11. The average Bonchev–Trinajstić information content (AvgIpc) is 2.83. The maximum absolute atomic E-state index is 8.16. The van der Waals surface area contributed by atoms with Crippen molar-refractivity contribution in [2.45, 2.75) is 13.8 Å². The van der Waals surface area contributed by atoms with Crippen LogP contribution in [0.15, 0.2) is 53.9 Å². The second-order valence-corrected chi connectivity index (χ2v) is 5.82. The highest BCUT2D eigenvalue weighted by molar-refractivity contribution is 7.07. The molecule has 1 N–H and O–H groups in total. The van der Waals surface area contributed by atoms with E-state index in [0.717, 1.165) is 16.9 Å². The number of thiazole rings is 1. The van der Waals surface area contributed by atoms with E-state index in [0.29, 0.717) is 4.80 Å². The lowest BCUT2D eigenvalue weighted by Gasteiger charge is -2.09. The van der Waals surface area contributed by atoms with Crippen molar-refractivity contribution < 1.29 is 0 Å². The van der Waals surface area contributed by atoms with Gasteiger partial charge in [0.15, 0.2) is 4.80 Å². The fourth-order valence-corrected chi connectivity index (χ4v) is 2.97. The number of nitrogens with zero attached hydrogens (tertiary/aromatic N) is 1. The van der Waals surface area contributed by atoms with E-state index in [1.807, 2.05) is 9.95 Å². The fourth-order valence-electron chi connectivity index (χ4n) is 2.20. The Morgan fingerprint density at radius 3 is 1.95 bits per heavy atom. The van der Waals surface area contributed by atoms with Crippen molar-refractivity contribution in [2.75, 3.05) is 0 Å². The first-order chi connectivity index (χ1) is 9.65. The van der Waals surface area contributed by atoms with Gasteiger partial charge in [0.25, 0.3) is 0 Å². The molecular formula is C17H17ClN2S. The Kier molecular flexibility index (Phi) is 4.66. The normalized spacial score (nSPS) is 10.2. The molecule has 3 aromatic rings. The predicted molar refractivity (Wildman–Crippen MR) is 91.7 cm³/mol. The highest BCUT2D eigenvalue weighted by Gasteiger charge is 2.08. The average molecular weight is 317 g/mol. The van der Waals surface area contributed by atoms with Crippen molar-refractivity contribution in [3.05, 3.63) is 69.8 Å². The third-order valence-corrected chi connectivity index (χ3v) is 4.11. The number of benzene rings is 2. The molecule has 21 heavy (non-hydrogen) atoms. The van der Waals surface area contributed by atoms with Gasteiger partial charge in [0.05, 0.1) is 5.69 Å². The molecule has 0 radical (unpaired) electrons. The zero-order chi connectivity index (χ0) is 14.1. The third kappa shape index (κ3) is 3.09. The Bertz CT molecular complexity index is 783. The van der Waals surface area contributed by atoms with Gasteiger partial charge >= 0.3 is 0 Å². The van der Waals surface area contributed by atoms with Crippen LogP contribution in [0.4, 0.5) is 0 Å². The monoisotopic (exact) mass is 316 g/mol. The molecule has 0 bridgehead atoms. The number of aryl methyl sites for hydroxylation is 2. The molecule has 0 fully saturated rings. The summed E-state index contributed by atoms with van der Waals surface area (Å²) in [5.41, 5.74) is 5.73. The molecule has 2 nitrogen and oxygen atoms in total. The van der Waals surface area contributed by atoms with Crippen LogP contribution in [0.1, 0.15) is 11.1 Å². The van der Waals surface area contributed by atoms with Crippen LogP contribution in [0.5, 0.6) is 0 Å². The van der Waals surface area contributed by atoms with E-state index in [-0.39, 0.29) is 12.4 Å². The summed E-state index contributed by atoms with van der Waals surface area (Å²) in [7, 11) is 0. The number of hydrogen-bond donors (Lipinski definition) is 1. The molecule has 0 saturated heterocycles. The van der Waals surface area contributed by atoms with E-state index in [1.54, 1.807) is 0 Å². The van der Waals surface area contributed by atoms with Crippen LogP contribution in [-0.4, -0.2) is 4.57 Å². The van der Waals surface area contributed by atoms with Crippen molar-refractivity contribution in [2.24, 2.45) is 0 Å². The Balaban J connectivity index is 0.00000161. The number of hydrogen-bond acceptors (Lipinski definition) is 2. The smallest absolute Gasteiger partial charge is 0.187 e. The van der Waals surface area contributed by atoms with Gasteiger partial charge in [-0.1, -0.05) is 47.5 Å². The molecule has 0 atom stereocenters. The molecule has 1 heterocycles. The lowest BCUT2D eigenvalue weighted by atomic mass is 10.1. The Labute approximate surface area is 134 Å². The minimum atomic E-state index is 0. The quantitative estimate of drug-likeness (QED) is 0.708. The highest BCUT2D eigenvalue weighted by atomic mass is 35.5. The maximum Gasteiger partial charge on any atom is 0.187 e. The van der Waals surface area contributed by atoms with Crippen molar-refractivity contribution in [1.29, 1.82) is 5.41 Å². The first-order valence-corrected chi connectivity index (χ1v) is 7.42. The summed E-state index contributed by atoms with van der Waals surface area (Å²) in [6.45, 7) is 4.16. The second-order valence-electron chi connectivity index (χ2n) is 4.96. The lowest BCUT2D eigenvalue weighted by molar-refractivity contribution is 0.986. The highest BCUT2D eigenvalue weighted by Crippen LogP contribution is 2.23. The molecule has 0 unspecified atom stereocenters. The topological polar surface area (TPSA) is 28.8 Å². The molecule has 0 aliphatic rings. The van der Waals surface area contributed by atoms with E-state index in [9.17, 15) is 0 Å². The molecule has 0 amide bonds. The summed E-state index contributed by atoms with van der Waals surface area (Å²) in [4.78, 5) is 0.546. The second kappa shape index (κ2) is 6.29. The summed E-state index contributed by atoms with van der Waals surface area (Å²) < 4.78 is 1.99. The first-order valence-electron chi connectivity index (χ1n) is 6.54. The van der Waals surface area contributed by atoms with Gasteiger partial charge in [-0.05, 0) is 31.5 Å². The van der Waals surface area contributed by atoms with Crippen LogP contribution >= 0.6 is 23.7 Å². The Morgan fingerprint density at radius 2 is 1.38 bits per heavy atom. The molecule has 1 aromatic heterocycles. The minimum absolute atomic E-state index is 0. The number of rotatable bonds is 2. The van der Waals surface area contributed by atoms with Gasteiger partial charge in [0.2, 0.25) is 0 Å². The Morgan fingerprint density at radius 1 is 0.857 bits per heavy atom. The van der Waals surface area contributed by atoms with E-state index in [2.05, 4.69) is 62.4 Å². The Hall–Kier alpha value is -1.84. The SMILES string of the molecule is Cc1ccc(-c2csc(=N)n2-c2ccc(C)cc2)cc1.Cl. The molecule has 0 aliphatic heterocycles. The molecule has 3 rings (SSSR count). The molecule has 0 spiro atoms. The fraction of sp³-hybridized carbons (Fsp3) is 0.118. The molecule has 4 heteroatoms.